The Labute approximate surface area is 168 Å². The molecule has 2 aromatic carbocycles. The molecule has 1 unspecified atom stereocenters. The zero-order valence-corrected chi connectivity index (χ0v) is 16.5. The van der Waals surface area contributed by atoms with Gasteiger partial charge in [-0.25, -0.2) is 0 Å². The second-order valence-corrected chi connectivity index (χ2v) is 6.49. The van der Waals surface area contributed by atoms with Crippen molar-refractivity contribution in [2.45, 2.75) is 32.1 Å². The monoisotopic (exact) mass is 373 g/mol. The molecular formula is C25H27NO2. The molecule has 2 aromatic rings. The van der Waals surface area contributed by atoms with Gasteiger partial charge in [0.25, 0.3) is 0 Å². The van der Waals surface area contributed by atoms with E-state index in [1.54, 1.807) is 6.92 Å². The van der Waals surface area contributed by atoms with Crippen LogP contribution in [-0.2, 0) is 14.9 Å². The van der Waals surface area contributed by atoms with Crippen LogP contribution in [0.2, 0.25) is 0 Å². The van der Waals surface area contributed by atoms with E-state index in [-0.39, 0.29) is 6.61 Å². The van der Waals surface area contributed by atoms with Gasteiger partial charge in [0, 0.05) is 0 Å². The zero-order chi connectivity index (χ0) is 20.2. The van der Waals surface area contributed by atoms with Gasteiger partial charge in [0.15, 0.2) is 5.92 Å². The van der Waals surface area contributed by atoms with Crippen LogP contribution < -0.4 is 0 Å². The average molecular weight is 373 g/mol. The van der Waals surface area contributed by atoms with Crippen LogP contribution in [0.4, 0.5) is 0 Å². The number of benzene rings is 2. The minimum absolute atomic E-state index is 0.233. The van der Waals surface area contributed by atoms with E-state index in [4.69, 9.17) is 4.74 Å². The summed E-state index contributed by atoms with van der Waals surface area (Å²) in [6.45, 7) is 4.11. The zero-order valence-electron chi connectivity index (χ0n) is 16.5. The van der Waals surface area contributed by atoms with E-state index in [0.717, 1.165) is 24.0 Å². The van der Waals surface area contributed by atoms with Crippen molar-refractivity contribution in [1.82, 2.24) is 0 Å². The highest BCUT2D eigenvalue weighted by Crippen LogP contribution is 2.41. The van der Waals surface area contributed by atoms with Crippen molar-refractivity contribution in [3.8, 4) is 6.07 Å². The summed E-state index contributed by atoms with van der Waals surface area (Å²) in [5.41, 5.74) is 0.807. The topological polar surface area (TPSA) is 50.1 Å². The second-order valence-electron chi connectivity index (χ2n) is 6.49. The molecule has 0 radical (unpaired) electrons. The van der Waals surface area contributed by atoms with Crippen LogP contribution in [0.3, 0.4) is 0 Å². The number of nitrogens with zero attached hydrogens (tertiary/aromatic N) is 1. The lowest BCUT2D eigenvalue weighted by molar-refractivity contribution is -0.147. The number of esters is 1. The number of ether oxygens (including phenoxy) is 1. The number of unbranched alkanes of at least 4 members (excludes halogenated alkanes) is 1. The molecular weight excluding hydrogens is 346 g/mol. The summed E-state index contributed by atoms with van der Waals surface area (Å²) in [4.78, 5) is 12.8. The summed E-state index contributed by atoms with van der Waals surface area (Å²) in [5.74, 6) is -1.52. The first kappa shape index (κ1) is 21.2. The van der Waals surface area contributed by atoms with Gasteiger partial charge >= 0.3 is 5.97 Å². The number of rotatable bonds is 9. The molecule has 0 aromatic heterocycles. The molecule has 0 spiro atoms. The molecule has 0 bridgehead atoms. The van der Waals surface area contributed by atoms with E-state index in [0.29, 0.717) is 0 Å². The van der Waals surface area contributed by atoms with Gasteiger partial charge in [-0.3, -0.25) is 4.79 Å². The molecule has 0 saturated heterocycles. The summed E-state index contributed by atoms with van der Waals surface area (Å²) in [6.07, 6.45) is 9.99. The fraction of sp³-hybridized carbons (Fsp3) is 0.280. The fourth-order valence-corrected chi connectivity index (χ4v) is 3.33. The first-order valence-electron chi connectivity index (χ1n) is 9.72. The Kier molecular flexibility index (Phi) is 8.24. The summed E-state index contributed by atoms with van der Waals surface area (Å²) in [6, 6.07) is 21.6. The van der Waals surface area contributed by atoms with Crippen molar-refractivity contribution in [3.05, 3.63) is 96.1 Å². The quantitative estimate of drug-likeness (QED) is 0.425. The molecule has 0 saturated carbocycles. The lowest BCUT2D eigenvalue weighted by Crippen LogP contribution is -2.39. The Bertz CT molecular complexity index is 792. The van der Waals surface area contributed by atoms with Crippen molar-refractivity contribution >= 4 is 5.97 Å². The van der Waals surface area contributed by atoms with Crippen molar-refractivity contribution < 1.29 is 9.53 Å². The maximum absolute atomic E-state index is 12.8. The van der Waals surface area contributed by atoms with E-state index >= 15 is 0 Å². The Morgan fingerprint density at radius 3 is 2.07 bits per heavy atom. The molecule has 3 heteroatoms. The van der Waals surface area contributed by atoms with Crippen LogP contribution in [0, 0.1) is 17.2 Å². The standard InChI is InChI=1S/C25H27NO2/c1-3-5-6-7-14-19-25(21-15-10-8-11-16-21,22-17-12-9-13-18-22)23(20-26)24(27)28-4-2/h6-19,23H,3-5H2,1-2H3. The Hall–Kier alpha value is -3.12. The largest absolute Gasteiger partial charge is 0.465 e. The number of hydrogen-bond acceptors (Lipinski definition) is 3. The third-order valence-corrected chi connectivity index (χ3v) is 4.67. The van der Waals surface area contributed by atoms with E-state index in [2.05, 4.69) is 19.1 Å². The van der Waals surface area contributed by atoms with Gasteiger partial charge in [-0.2, -0.15) is 5.26 Å². The lowest BCUT2D eigenvalue weighted by atomic mass is 9.66. The van der Waals surface area contributed by atoms with E-state index in [9.17, 15) is 10.1 Å². The van der Waals surface area contributed by atoms with Crippen molar-refractivity contribution in [3.63, 3.8) is 0 Å². The van der Waals surface area contributed by atoms with Crippen LogP contribution in [0.5, 0.6) is 0 Å². The van der Waals surface area contributed by atoms with Crippen molar-refractivity contribution in [2.75, 3.05) is 6.61 Å². The molecule has 1 atom stereocenters. The number of carbonyl (C=O) groups excluding carboxylic acids is 1. The van der Waals surface area contributed by atoms with E-state index in [1.807, 2.05) is 78.9 Å². The average Bonchev–Trinajstić information content (AvgIpc) is 2.74. The highest BCUT2D eigenvalue weighted by Gasteiger charge is 2.45. The Balaban J connectivity index is 2.72. The smallest absolute Gasteiger partial charge is 0.324 e. The summed E-state index contributed by atoms with van der Waals surface area (Å²) >= 11 is 0. The highest BCUT2D eigenvalue weighted by atomic mass is 16.5. The van der Waals surface area contributed by atoms with Crippen LogP contribution in [0.25, 0.3) is 0 Å². The summed E-state index contributed by atoms with van der Waals surface area (Å²) in [7, 11) is 0. The van der Waals surface area contributed by atoms with Gasteiger partial charge in [0.05, 0.1) is 18.1 Å². The number of nitriles is 1. The second kappa shape index (κ2) is 10.9. The highest BCUT2D eigenvalue weighted by molar-refractivity contribution is 5.80. The molecule has 28 heavy (non-hydrogen) atoms. The van der Waals surface area contributed by atoms with Gasteiger partial charge in [0.2, 0.25) is 0 Å². The van der Waals surface area contributed by atoms with Gasteiger partial charge in [0.1, 0.15) is 0 Å². The normalized spacial score (nSPS) is 12.8. The maximum Gasteiger partial charge on any atom is 0.324 e. The van der Waals surface area contributed by atoms with Crippen molar-refractivity contribution in [2.24, 2.45) is 5.92 Å². The van der Waals surface area contributed by atoms with E-state index in [1.165, 1.54) is 0 Å². The predicted molar refractivity (Wildman–Crippen MR) is 113 cm³/mol. The summed E-state index contributed by atoms with van der Waals surface area (Å²) in [5, 5.41) is 10.0. The molecule has 0 aliphatic rings. The Morgan fingerprint density at radius 1 is 1.04 bits per heavy atom. The molecule has 0 aliphatic carbocycles. The molecule has 0 fully saturated rings. The SMILES string of the molecule is CCCC=CC=CC(c1ccccc1)(c1ccccc1)C(C#N)C(=O)OCC. The van der Waals surface area contributed by atoms with Crippen LogP contribution in [0.15, 0.2) is 85.0 Å². The lowest BCUT2D eigenvalue weighted by Gasteiger charge is -2.35. The summed E-state index contributed by atoms with van der Waals surface area (Å²) < 4.78 is 5.28. The molecule has 144 valence electrons. The van der Waals surface area contributed by atoms with Gasteiger partial charge < -0.3 is 4.74 Å². The molecule has 2 rings (SSSR count). The number of allylic oxidation sites excluding steroid dienone is 4. The minimum atomic E-state index is -1.01. The van der Waals surface area contributed by atoms with Crippen LogP contribution >= 0.6 is 0 Å². The van der Waals surface area contributed by atoms with Gasteiger partial charge in [-0.05, 0) is 24.5 Å². The van der Waals surface area contributed by atoms with Crippen LogP contribution in [0.1, 0.15) is 37.8 Å². The Morgan fingerprint density at radius 2 is 1.61 bits per heavy atom. The number of carbonyl (C=O) groups is 1. The molecule has 0 N–H and O–H groups in total. The van der Waals surface area contributed by atoms with Gasteiger partial charge in [-0.15, -0.1) is 0 Å². The minimum Gasteiger partial charge on any atom is -0.465 e. The predicted octanol–water partition coefficient (Wildman–Crippen LogP) is 5.59. The third kappa shape index (κ3) is 4.78. The van der Waals surface area contributed by atoms with Gasteiger partial charge in [-0.1, -0.05) is 98.3 Å². The first-order chi connectivity index (χ1) is 13.7. The number of hydrogen-bond donors (Lipinski definition) is 0. The van der Waals surface area contributed by atoms with Crippen molar-refractivity contribution in [1.29, 1.82) is 5.26 Å². The third-order valence-electron chi connectivity index (χ3n) is 4.67. The molecule has 0 heterocycles. The molecule has 0 aliphatic heterocycles. The fourth-order valence-electron chi connectivity index (χ4n) is 3.33. The van der Waals surface area contributed by atoms with E-state index < -0.39 is 17.3 Å². The molecule has 0 amide bonds. The maximum atomic E-state index is 12.8. The molecule has 3 nitrogen and oxygen atoms in total. The van der Waals surface area contributed by atoms with Crippen LogP contribution in [-0.4, -0.2) is 12.6 Å². The first-order valence-corrected chi connectivity index (χ1v) is 9.72.